The fraction of sp³-hybridized carbons (Fsp3) is 0.333. The fourth-order valence-electron chi connectivity index (χ4n) is 0.990. The number of hydrogen-bond donors (Lipinski definition) is 1. The Kier molecular flexibility index (Phi) is 3.73. The van der Waals surface area contributed by atoms with E-state index >= 15 is 0 Å². The van der Waals surface area contributed by atoms with Crippen LogP contribution in [0.1, 0.15) is 18.2 Å². The van der Waals surface area contributed by atoms with E-state index in [9.17, 15) is 13.2 Å². The highest BCUT2D eigenvalue weighted by molar-refractivity contribution is 7.99. The average molecular weight is 234 g/mol. The maximum atomic E-state index is 12.3. The number of nitrogens with zero attached hydrogens (tertiary/aromatic N) is 1. The van der Waals surface area contributed by atoms with Crippen molar-refractivity contribution < 1.29 is 13.2 Å². The largest absolute Gasteiger partial charge is 0.417 e. The van der Waals surface area contributed by atoms with Gasteiger partial charge >= 0.3 is 6.18 Å². The molecule has 0 saturated heterocycles. The number of pyridine rings is 1. The van der Waals surface area contributed by atoms with E-state index in [4.69, 9.17) is 5.41 Å². The lowest BCUT2D eigenvalue weighted by atomic mass is 10.2. The molecule has 1 rings (SSSR count). The first-order valence-corrected chi connectivity index (χ1v) is 5.18. The van der Waals surface area contributed by atoms with Crippen LogP contribution in [0.3, 0.4) is 0 Å². The molecule has 0 radical (unpaired) electrons. The van der Waals surface area contributed by atoms with Crippen LogP contribution in [0.25, 0.3) is 0 Å². The Balaban J connectivity index is 3.15. The van der Waals surface area contributed by atoms with Gasteiger partial charge in [0.25, 0.3) is 0 Å². The third-order valence-corrected chi connectivity index (χ3v) is 2.57. The SMILES string of the molecule is CCSc1cc(C(F)(F)F)cnc1C=N. The summed E-state index contributed by atoms with van der Waals surface area (Å²) in [6, 6.07) is 1.03. The van der Waals surface area contributed by atoms with E-state index in [0.717, 1.165) is 18.5 Å². The van der Waals surface area contributed by atoms with Gasteiger partial charge in [-0.2, -0.15) is 13.2 Å². The van der Waals surface area contributed by atoms with Crippen LogP contribution in [0.5, 0.6) is 0 Å². The quantitative estimate of drug-likeness (QED) is 0.644. The van der Waals surface area contributed by atoms with Crippen molar-refractivity contribution in [3.8, 4) is 0 Å². The summed E-state index contributed by atoms with van der Waals surface area (Å²) in [7, 11) is 0. The first-order valence-electron chi connectivity index (χ1n) is 4.19. The topological polar surface area (TPSA) is 36.7 Å². The summed E-state index contributed by atoms with van der Waals surface area (Å²) < 4.78 is 37.0. The summed E-state index contributed by atoms with van der Waals surface area (Å²) in [4.78, 5) is 3.99. The van der Waals surface area contributed by atoms with Gasteiger partial charge in [0.1, 0.15) is 0 Å². The van der Waals surface area contributed by atoms with Crippen LogP contribution in [-0.4, -0.2) is 17.0 Å². The molecular formula is C9H9F3N2S. The number of thioether (sulfide) groups is 1. The van der Waals surface area contributed by atoms with Gasteiger partial charge < -0.3 is 5.41 Å². The zero-order valence-electron chi connectivity index (χ0n) is 7.93. The van der Waals surface area contributed by atoms with Gasteiger partial charge in [0, 0.05) is 17.3 Å². The number of halogens is 3. The van der Waals surface area contributed by atoms with Gasteiger partial charge in [-0.3, -0.25) is 4.98 Å². The molecule has 1 N–H and O–H groups in total. The number of rotatable bonds is 3. The number of aromatic nitrogens is 1. The van der Waals surface area contributed by atoms with Crippen molar-refractivity contribution in [3.05, 3.63) is 23.5 Å². The number of hydrogen-bond acceptors (Lipinski definition) is 3. The smallest absolute Gasteiger partial charge is 0.306 e. The minimum atomic E-state index is -4.38. The van der Waals surface area contributed by atoms with Gasteiger partial charge in [0.05, 0.1) is 11.3 Å². The monoisotopic (exact) mass is 234 g/mol. The molecule has 0 aliphatic rings. The van der Waals surface area contributed by atoms with Crippen molar-refractivity contribution in [2.45, 2.75) is 18.0 Å². The molecule has 1 aromatic heterocycles. The van der Waals surface area contributed by atoms with Crippen LogP contribution >= 0.6 is 11.8 Å². The van der Waals surface area contributed by atoms with Crippen molar-refractivity contribution in [2.24, 2.45) is 0 Å². The molecule has 0 atom stereocenters. The summed E-state index contributed by atoms with van der Waals surface area (Å²) >= 11 is 1.24. The summed E-state index contributed by atoms with van der Waals surface area (Å²) in [5, 5.41) is 7.01. The Bertz CT molecular complexity index is 363. The molecule has 0 aliphatic carbocycles. The Morgan fingerprint density at radius 2 is 2.20 bits per heavy atom. The molecule has 0 fully saturated rings. The van der Waals surface area contributed by atoms with Crippen LogP contribution in [0.15, 0.2) is 17.2 Å². The number of nitrogens with one attached hydrogen (secondary N) is 1. The fourth-order valence-corrected chi connectivity index (χ4v) is 1.77. The van der Waals surface area contributed by atoms with Crippen molar-refractivity contribution >= 4 is 18.0 Å². The zero-order valence-corrected chi connectivity index (χ0v) is 8.75. The summed E-state index contributed by atoms with van der Waals surface area (Å²) in [6.07, 6.45) is -2.67. The van der Waals surface area contributed by atoms with Crippen molar-refractivity contribution in [1.82, 2.24) is 4.98 Å². The van der Waals surface area contributed by atoms with Crippen molar-refractivity contribution in [3.63, 3.8) is 0 Å². The zero-order chi connectivity index (χ0) is 11.5. The predicted molar refractivity (Wildman–Crippen MR) is 53.5 cm³/mol. The lowest BCUT2D eigenvalue weighted by molar-refractivity contribution is -0.138. The molecule has 0 aromatic carbocycles. The van der Waals surface area contributed by atoms with E-state index in [1.165, 1.54) is 11.8 Å². The second-order valence-corrected chi connectivity index (χ2v) is 3.99. The molecule has 0 unspecified atom stereocenters. The van der Waals surface area contributed by atoms with E-state index in [1.54, 1.807) is 0 Å². The van der Waals surface area contributed by atoms with Crippen LogP contribution < -0.4 is 0 Å². The van der Waals surface area contributed by atoms with E-state index in [0.29, 0.717) is 10.6 Å². The highest BCUT2D eigenvalue weighted by atomic mass is 32.2. The van der Waals surface area contributed by atoms with Crippen LogP contribution in [-0.2, 0) is 6.18 Å². The average Bonchev–Trinajstić information content (AvgIpc) is 2.17. The van der Waals surface area contributed by atoms with Crippen LogP contribution in [0.2, 0.25) is 0 Å². The predicted octanol–water partition coefficient (Wildman–Crippen LogP) is 3.21. The first kappa shape index (κ1) is 12.0. The molecule has 82 valence electrons. The Labute approximate surface area is 89.4 Å². The van der Waals surface area contributed by atoms with E-state index in [2.05, 4.69) is 4.98 Å². The molecular weight excluding hydrogens is 225 g/mol. The van der Waals surface area contributed by atoms with Crippen molar-refractivity contribution in [2.75, 3.05) is 5.75 Å². The molecule has 2 nitrogen and oxygen atoms in total. The molecule has 1 aromatic rings. The molecule has 1 heterocycles. The summed E-state index contributed by atoms with van der Waals surface area (Å²) in [5.74, 6) is 0.643. The normalized spacial score (nSPS) is 11.5. The first-order chi connectivity index (χ1) is 6.99. The summed E-state index contributed by atoms with van der Waals surface area (Å²) in [6.45, 7) is 1.83. The Hall–Kier alpha value is -1.04. The molecule has 0 bridgehead atoms. The minimum absolute atomic E-state index is 0.273. The van der Waals surface area contributed by atoms with E-state index < -0.39 is 11.7 Å². The third kappa shape index (κ3) is 2.95. The maximum Gasteiger partial charge on any atom is 0.417 e. The summed E-state index contributed by atoms with van der Waals surface area (Å²) in [5.41, 5.74) is -0.501. The molecule has 15 heavy (non-hydrogen) atoms. The Morgan fingerprint density at radius 3 is 2.67 bits per heavy atom. The van der Waals surface area contributed by atoms with Gasteiger partial charge in [-0.15, -0.1) is 11.8 Å². The minimum Gasteiger partial charge on any atom is -0.306 e. The van der Waals surface area contributed by atoms with Crippen molar-refractivity contribution in [1.29, 1.82) is 5.41 Å². The maximum absolute atomic E-state index is 12.3. The molecule has 6 heteroatoms. The van der Waals surface area contributed by atoms with Gasteiger partial charge in [-0.1, -0.05) is 6.92 Å². The molecule has 0 amide bonds. The molecule has 0 aliphatic heterocycles. The molecule has 0 spiro atoms. The lowest BCUT2D eigenvalue weighted by Crippen LogP contribution is -2.07. The van der Waals surface area contributed by atoms with Gasteiger partial charge in [-0.05, 0) is 11.8 Å². The lowest BCUT2D eigenvalue weighted by Gasteiger charge is -2.09. The second-order valence-electron chi connectivity index (χ2n) is 2.68. The Morgan fingerprint density at radius 1 is 1.53 bits per heavy atom. The third-order valence-electron chi connectivity index (χ3n) is 1.65. The van der Waals surface area contributed by atoms with Gasteiger partial charge in [0.15, 0.2) is 0 Å². The van der Waals surface area contributed by atoms with Gasteiger partial charge in [0.2, 0.25) is 0 Å². The second kappa shape index (κ2) is 4.65. The standard InChI is InChI=1S/C9H9F3N2S/c1-2-15-8-3-6(9(10,11)12)5-14-7(8)4-13/h3-5,13H,2H2,1H3. The van der Waals surface area contributed by atoms with E-state index in [-0.39, 0.29) is 5.69 Å². The highest BCUT2D eigenvalue weighted by Crippen LogP contribution is 2.32. The molecule has 0 saturated carbocycles. The van der Waals surface area contributed by atoms with Crippen LogP contribution in [0.4, 0.5) is 13.2 Å². The number of alkyl halides is 3. The van der Waals surface area contributed by atoms with E-state index in [1.807, 2.05) is 6.92 Å². The highest BCUT2D eigenvalue weighted by Gasteiger charge is 2.31. The van der Waals surface area contributed by atoms with Crippen LogP contribution in [0, 0.1) is 5.41 Å². The van der Waals surface area contributed by atoms with Gasteiger partial charge in [-0.25, -0.2) is 0 Å².